The zero-order valence-electron chi connectivity index (χ0n) is 12.4. The third-order valence-corrected chi connectivity index (χ3v) is 3.12. The minimum atomic E-state index is -6.21. The van der Waals surface area contributed by atoms with Crippen LogP contribution in [-0.2, 0) is 12.1 Å². The van der Waals surface area contributed by atoms with Crippen LogP contribution in [0.25, 0.3) is 5.69 Å². The molecule has 14 heteroatoms. The maximum Gasteiger partial charge on any atom is 0.461 e. The molecule has 0 aliphatic rings. The number of nitro groups is 1. The normalized spacial score (nSPS) is 13.1. The van der Waals surface area contributed by atoms with Crippen LogP contribution in [0.15, 0.2) is 18.2 Å². The predicted octanol–water partition coefficient (Wildman–Crippen LogP) is 4.16. The van der Waals surface area contributed by atoms with Crippen LogP contribution in [0, 0.1) is 17.0 Å². The fourth-order valence-electron chi connectivity index (χ4n) is 1.91. The number of alkyl halides is 8. The van der Waals surface area contributed by atoms with Crippen LogP contribution in [0.4, 0.5) is 40.8 Å². The summed E-state index contributed by atoms with van der Waals surface area (Å²) in [6.07, 6.45) is -11.6. The van der Waals surface area contributed by atoms with Gasteiger partial charge in [-0.05, 0) is 19.1 Å². The lowest BCUT2D eigenvalue weighted by Gasteiger charge is -2.15. The van der Waals surface area contributed by atoms with E-state index >= 15 is 0 Å². The summed E-state index contributed by atoms with van der Waals surface area (Å²) in [4.78, 5) is 12.2. The summed E-state index contributed by atoms with van der Waals surface area (Å²) < 4.78 is 102. The van der Waals surface area contributed by atoms with Gasteiger partial charge in [0.05, 0.1) is 10.6 Å². The molecule has 0 saturated heterocycles. The summed E-state index contributed by atoms with van der Waals surface area (Å²) in [5.74, 6) is -10.3. The molecule has 142 valence electrons. The van der Waals surface area contributed by atoms with Gasteiger partial charge in [-0.3, -0.25) is 10.1 Å². The van der Waals surface area contributed by atoms with Gasteiger partial charge in [-0.1, -0.05) is 0 Å². The molecule has 0 bridgehead atoms. The van der Waals surface area contributed by atoms with Crippen molar-refractivity contribution in [1.82, 2.24) is 14.8 Å². The molecule has 0 fully saturated rings. The molecule has 2 aromatic rings. The second kappa shape index (κ2) is 5.88. The highest BCUT2D eigenvalue weighted by molar-refractivity contribution is 5.47. The first-order chi connectivity index (χ1) is 11.7. The maximum atomic E-state index is 13.3. The van der Waals surface area contributed by atoms with Crippen molar-refractivity contribution in [3.05, 3.63) is 45.5 Å². The number of benzene rings is 1. The fraction of sp³-hybridized carbons (Fsp3) is 0.333. The molecule has 0 N–H and O–H groups in total. The molecular formula is C12H6F8N4O2. The van der Waals surface area contributed by atoms with Gasteiger partial charge in [-0.25, -0.2) is 9.67 Å². The quantitative estimate of drug-likeness (QED) is 0.448. The Morgan fingerprint density at radius 2 is 1.65 bits per heavy atom. The third kappa shape index (κ3) is 3.30. The van der Waals surface area contributed by atoms with E-state index in [0.29, 0.717) is 6.07 Å². The van der Waals surface area contributed by atoms with Gasteiger partial charge >= 0.3 is 18.3 Å². The lowest BCUT2D eigenvalue weighted by atomic mass is 10.2. The molecule has 0 atom stereocenters. The second-order valence-electron chi connectivity index (χ2n) is 4.97. The molecule has 1 heterocycles. The van der Waals surface area contributed by atoms with E-state index in [9.17, 15) is 45.2 Å². The first-order valence-corrected chi connectivity index (χ1v) is 6.41. The molecule has 0 radical (unpaired) electrons. The Bertz CT molecular complexity index is 856. The van der Waals surface area contributed by atoms with Gasteiger partial charge in [0.15, 0.2) is 0 Å². The van der Waals surface area contributed by atoms with Crippen LogP contribution in [0.2, 0.25) is 0 Å². The Balaban J connectivity index is 2.69. The number of nitro benzene ring substituents is 1. The zero-order valence-corrected chi connectivity index (χ0v) is 12.4. The molecule has 0 saturated carbocycles. The topological polar surface area (TPSA) is 73.8 Å². The first-order valence-electron chi connectivity index (χ1n) is 6.41. The van der Waals surface area contributed by atoms with Crippen LogP contribution in [0.5, 0.6) is 0 Å². The van der Waals surface area contributed by atoms with E-state index in [0.717, 1.165) is 19.1 Å². The second-order valence-corrected chi connectivity index (χ2v) is 4.97. The average molecular weight is 390 g/mol. The fourth-order valence-corrected chi connectivity index (χ4v) is 1.91. The van der Waals surface area contributed by atoms with Crippen molar-refractivity contribution >= 4 is 5.69 Å². The number of hydrogen-bond acceptors (Lipinski definition) is 4. The largest absolute Gasteiger partial charge is 0.461 e. The van der Waals surface area contributed by atoms with Gasteiger partial charge in [-0.15, -0.1) is 5.10 Å². The molecule has 6 nitrogen and oxygen atoms in total. The number of rotatable bonds is 3. The Labute approximate surface area is 138 Å². The van der Waals surface area contributed by atoms with Crippen molar-refractivity contribution in [2.45, 2.75) is 25.2 Å². The van der Waals surface area contributed by atoms with Crippen molar-refractivity contribution in [3.8, 4) is 5.69 Å². The van der Waals surface area contributed by atoms with Crippen molar-refractivity contribution in [2.24, 2.45) is 0 Å². The standard InChI is InChI=1S/C12H6F8N4O2/c1-5-4-6(2-3-7(5)24(25)26)23-9(11(15,16)17)21-8(22-23)10(13,14)12(18,19)20/h2-4H,1H3. The summed E-state index contributed by atoms with van der Waals surface area (Å²) in [6.45, 7) is 1.14. The van der Waals surface area contributed by atoms with Gasteiger partial charge < -0.3 is 0 Å². The number of aromatic nitrogens is 3. The number of aryl methyl sites for hydroxylation is 1. The lowest BCUT2D eigenvalue weighted by molar-refractivity contribution is -0.385. The van der Waals surface area contributed by atoms with Crippen LogP contribution in [-0.4, -0.2) is 25.9 Å². The van der Waals surface area contributed by atoms with Gasteiger partial charge in [0.1, 0.15) is 0 Å². The molecule has 0 aliphatic heterocycles. The molecule has 0 amide bonds. The van der Waals surface area contributed by atoms with E-state index in [1.165, 1.54) is 0 Å². The van der Waals surface area contributed by atoms with Gasteiger partial charge in [0, 0.05) is 11.6 Å². The SMILES string of the molecule is Cc1cc(-n2nc(C(F)(F)C(F)(F)F)nc2C(F)(F)F)ccc1[N+](=O)[O-]. The highest BCUT2D eigenvalue weighted by atomic mass is 19.4. The van der Waals surface area contributed by atoms with Crippen molar-refractivity contribution < 1.29 is 40.0 Å². The van der Waals surface area contributed by atoms with E-state index in [-0.39, 0.29) is 10.2 Å². The van der Waals surface area contributed by atoms with E-state index in [2.05, 4.69) is 10.1 Å². The zero-order chi connectivity index (χ0) is 20.1. The molecule has 1 aromatic heterocycles. The van der Waals surface area contributed by atoms with Crippen molar-refractivity contribution in [3.63, 3.8) is 0 Å². The van der Waals surface area contributed by atoms with E-state index in [1.807, 2.05) is 0 Å². The first kappa shape index (κ1) is 19.5. The lowest BCUT2D eigenvalue weighted by Crippen LogP contribution is -2.35. The maximum absolute atomic E-state index is 13.3. The monoisotopic (exact) mass is 390 g/mol. The summed E-state index contributed by atoms with van der Waals surface area (Å²) in [6, 6.07) is 2.25. The molecule has 0 aliphatic carbocycles. The molecule has 1 aromatic carbocycles. The minimum absolute atomic E-state index is 0.166. The van der Waals surface area contributed by atoms with E-state index in [4.69, 9.17) is 0 Å². The molecule has 0 unspecified atom stereocenters. The van der Waals surface area contributed by atoms with Crippen LogP contribution in [0.3, 0.4) is 0 Å². The summed E-state index contributed by atoms with van der Waals surface area (Å²) in [7, 11) is 0. The van der Waals surface area contributed by atoms with E-state index in [1.54, 1.807) is 0 Å². The van der Waals surface area contributed by atoms with E-state index < -0.39 is 46.2 Å². The Hall–Kier alpha value is -2.80. The van der Waals surface area contributed by atoms with Crippen molar-refractivity contribution in [2.75, 3.05) is 0 Å². The number of hydrogen-bond donors (Lipinski definition) is 0. The molecule has 26 heavy (non-hydrogen) atoms. The summed E-state index contributed by atoms with van der Waals surface area (Å²) in [5, 5.41) is 13.4. The summed E-state index contributed by atoms with van der Waals surface area (Å²) >= 11 is 0. The van der Waals surface area contributed by atoms with Crippen LogP contribution in [0.1, 0.15) is 17.2 Å². The highest BCUT2D eigenvalue weighted by Gasteiger charge is 2.62. The average Bonchev–Trinajstić information content (AvgIpc) is 2.91. The minimum Gasteiger partial charge on any atom is -0.258 e. The van der Waals surface area contributed by atoms with Gasteiger partial charge in [0.25, 0.3) is 5.69 Å². The number of nitrogens with zero attached hydrogens (tertiary/aromatic N) is 4. The Morgan fingerprint density at radius 1 is 1.08 bits per heavy atom. The summed E-state index contributed by atoms with van der Waals surface area (Å²) in [5.41, 5.74) is -1.29. The third-order valence-electron chi connectivity index (χ3n) is 3.12. The van der Waals surface area contributed by atoms with Gasteiger partial charge in [-0.2, -0.15) is 35.1 Å². The Kier molecular flexibility index (Phi) is 4.41. The Morgan fingerprint density at radius 3 is 2.08 bits per heavy atom. The molecule has 0 spiro atoms. The van der Waals surface area contributed by atoms with Crippen LogP contribution >= 0.6 is 0 Å². The van der Waals surface area contributed by atoms with Crippen molar-refractivity contribution in [1.29, 1.82) is 0 Å². The van der Waals surface area contributed by atoms with Crippen LogP contribution < -0.4 is 0 Å². The predicted molar refractivity (Wildman–Crippen MR) is 67.7 cm³/mol. The smallest absolute Gasteiger partial charge is 0.258 e. The molecule has 2 rings (SSSR count). The van der Waals surface area contributed by atoms with Gasteiger partial charge in [0.2, 0.25) is 11.6 Å². The highest BCUT2D eigenvalue weighted by Crippen LogP contribution is 2.43. The number of halogens is 8. The molecular weight excluding hydrogens is 384 g/mol.